The number of imidazole rings is 1. The van der Waals surface area contributed by atoms with Gasteiger partial charge in [-0.1, -0.05) is 0 Å². The Bertz CT molecular complexity index is 1190. The van der Waals surface area contributed by atoms with Crippen LogP contribution in [0.15, 0.2) is 59.5 Å². The zero-order valence-corrected chi connectivity index (χ0v) is 17.1. The van der Waals surface area contributed by atoms with Crippen LogP contribution in [0.4, 0.5) is 11.5 Å². The zero-order valence-electron chi connectivity index (χ0n) is 15.6. The minimum absolute atomic E-state index is 0.543. The van der Waals surface area contributed by atoms with Crippen molar-refractivity contribution in [1.82, 2.24) is 14.4 Å². The van der Waals surface area contributed by atoms with Crippen molar-refractivity contribution < 1.29 is 14.2 Å². The lowest BCUT2D eigenvalue weighted by Gasteiger charge is -2.19. The number of benzene rings is 2. The number of fused-ring (bicyclic) bond motifs is 2. The Hall–Kier alpha value is -3.26. The maximum atomic E-state index is 5.71. The SMILES string of the molecule is COc1ccc(-c2nc3cnc(Br)cn3c2Nc2ccc3c(c2)OCCO3)cc1. The summed E-state index contributed by atoms with van der Waals surface area (Å²) in [6.07, 6.45) is 3.61. The zero-order chi connectivity index (χ0) is 19.8. The Morgan fingerprint density at radius 3 is 2.66 bits per heavy atom. The van der Waals surface area contributed by atoms with Gasteiger partial charge in [-0.2, -0.15) is 0 Å². The molecule has 1 N–H and O–H groups in total. The fourth-order valence-electron chi connectivity index (χ4n) is 3.26. The highest BCUT2D eigenvalue weighted by atomic mass is 79.9. The van der Waals surface area contributed by atoms with Crippen molar-refractivity contribution >= 4 is 33.1 Å². The number of rotatable bonds is 4. The van der Waals surface area contributed by atoms with E-state index in [0.29, 0.717) is 17.8 Å². The number of hydrogen-bond acceptors (Lipinski definition) is 6. The van der Waals surface area contributed by atoms with Crippen LogP contribution in [0.3, 0.4) is 0 Å². The van der Waals surface area contributed by atoms with Gasteiger partial charge in [-0.05, 0) is 52.3 Å². The van der Waals surface area contributed by atoms with Crippen LogP contribution < -0.4 is 19.5 Å². The molecule has 0 spiro atoms. The Balaban J connectivity index is 1.61. The molecular formula is C21H17BrN4O3. The summed E-state index contributed by atoms with van der Waals surface area (Å²) in [6.45, 7) is 1.11. The van der Waals surface area contributed by atoms with Gasteiger partial charge in [-0.15, -0.1) is 0 Å². The topological polar surface area (TPSA) is 69.9 Å². The lowest BCUT2D eigenvalue weighted by atomic mass is 10.1. The number of ether oxygens (including phenoxy) is 3. The molecule has 0 aliphatic carbocycles. The quantitative estimate of drug-likeness (QED) is 0.484. The number of nitrogens with one attached hydrogen (secondary N) is 1. The third-order valence-corrected chi connectivity index (χ3v) is 5.06. The monoisotopic (exact) mass is 452 g/mol. The molecule has 1 aliphatic heterocycles. The average Bonchev–Trinajstić information content (AvgIpc) is 3.11. The molecule has 1 aliphatic rings. The Kier molecular flexibility index (Phi) is 4.48. The molecule has 5 rings (SSSR count). The van der Waals surface area contributed by atoms with E-state index in [1.54, 1.807) is 13.3 Å². The highest BCUT2D eigenvalue weighted by molar-refractivity contribution is 9.10. The van der Waals surface area contributed by atoms with Gasteiger partial charge in [0.05, 0.1) is 13.3 Å². The average molecular weight is 453 g/mol. The van der Waals surface area contributed by atoms with Crippen LogP contribution in [0.1, 0.15) is 0 Å². The fourth-order valence-corrected chi connectivity index (χ4v) is 3.57. The molecule has 0 fully saturated rings. The first kappa shape index (κ1) is 17.8. The molecule has 0 atom stereocenters. The Morgan fingerprint density at radius 1 is 1.07 bits per heavy atom. The Morgan fingerprint density at radius 2 is 1.86 bits per heavy atom. The van der Waals surface area contributed by atoms with Crippen molar-refractivity contribution in [3.05, 3.63) is 59.5 Å². The first-order valence-electron chi connectivity index (χ1n) is 9.06. The molecule has 0 amide bonds. The van der Waals surface area contributed by atoms with Gasteiger partial charge >= 0.3 is 0 Å². The molecule has 2 aromatic heterocycles. The normalized spacial score (nSPS) is 12.8. The summed E-state index contributed by atoms with van der Waals surface area (Å²) in [5.41, 5.74) is 3.38. The van der Waals surface area contributed by atoms with Gasteiger partial charge in [0.2, 0.25) is 0 Å². The van der Waals surface area contributed by atoms with Gasteiger partial charge in [0.15, 0.2) is 17.1 Å². The lowest BCUT2D eigenvalue weighted by Crippen LogP contribution is -2.15. The van der Waals surface area contributed by atoms with Gasteiger partial charge in [0, 0.05) is 23.5 Å². The molecule has 0 bridgehead atoms. The van der Waals surface area contributed by atoms with Crippen molar-refractivity contribution in [2.75, 3.05) is 25.6 Å². The molecule has 4 aromatic rings. The van der Waals surface area contributed by atoms with E-state index in [-0.39, 0.29) is 0 Å². The van der Waals surface area contributed by atoms with Crippen molar-refractivity contribution in [3.63, 3.8) is 0 Å². The number of methoxy groups -OCH3 is 1. The molecule has 7 nitrogen and oxygen atoms in total. The van der Waals surface area contributed by atoms with Crippen molar-refractivity contribution in [2.24, 2.45) is 0 Å². The number of hydrogen-bond donors (Lipinski definition) is 1. The minimum Gasteiger partial charge on any atom is -0.497 e. The van der Waals surface area contributed by atoms with E-state index >= 15 is 0 Å². The summed E-state index contributed by atoms with van der Waals surface area (Å²) in [6, 6.07) is 13.6. The van der Waals surface area contributed by atoms with Gasteiger partial charge in [-0.25, -0.2) is 9.97 Å². The summed E-state index contributed by atoms with van der Waals surface area (Å²) in [4.78, 5) is 9.08. The number of anilines is 2. The van der Waals surface area contributed by atoms with Crippen LogP contribution in [-0.4, -0.2) is 34.7 Å². The number of aromatic nitrogens is 3. The minimum atomic E-state index is 0.543. The second-order valence-electron chi connectivity index (χ2n) is 6.46. The molecule has 146 valence electrons. The summed E-state index contributed by atoms with van der Waals surface area (Å²) < 4.78 is 19.3. The smallest absolute Gasteiger partial charge is 0.163 e. The van der Waals surface area contributed by atoms with Crippen molar-refractivity contribution in [3.8, 4) is 28.5 Å². The molecule has 8 heteroatoms. The lowest BCUT2D eigenvalue weighted by molar-refractivity contribution is 0.171. The van der Waals surface area contributed by atoms with Gasteiger partial charge in [-0.3, -0.25) is 4.40 Å². The van der Waals surface area contributed by atoms with E-state index in [1.165, 1.54) is 0 Å². The summed E-state index contributed by atoms with van der Waals surface area (Å²) in [7, 11) is 1.65. The summed E-state index contributed by atoms with van der Waals surface area (Å²) in [5, 5.41) is 3.48. The largest absolute Gasteiger partial charge is 0.497 e. The van der Waals surface area contributed by atoms with Crippen LogP contribution in [0.2, 0.25) is 0 Å². The predicted octanol–water partition coefficient (Wildman–Crippen LogP) is 4.68. The molecule has 0 saturated heterocycles. The van der Waals surface area contributed by atoms with Crippen LogP contribution in [-0.2, 0) is 0 Å². The van der Waals surface area contributed by atoms with Gasteiger partial charge in [0.25, 0.3) is 0 Å². The van der Waals surface area contributed by atoms with E-state index in [1.807, 2.05) is 53.1 Å². The third kappa shape index (κ3) is 3.36. The summed E-state index contributed by atoms with van der Waals surface area (Å²) in [5.74, 6) is 3.10. The molecular weight excluding hydrogens is 436 g/mol. The van der Waals surface area contributed by atoms with Crippen LogP contribution in [0, 0.1) is 0 Å². The van der Waals surface area contributed by atoms with Crippen LogP contribution in [0.5, 0.6) is 17.2 Å². The van der Waals surface area contributed by atoms with E-state index in [2.05, 4.69) is 26.2 Å². The highest BCUT2D eigenvalue weighted by Crippen LogP contribution is 2.36. The second kappa shape index (κ2) is 7.29. The third-order valence-electron chi connectivity index (χ3n) is 4.65. The number of nitrogens with zero attached hydrogens (tertiary/aromatic N) is 3. The van der Waals surface area contributed by atoms with Crippen LogP contribution >= 0.6 is 15.9 Å². The second-order valence-corrected chi connectivity index (χ2v) is 7.27. The van der Waals surface area contributed by atoms with E-state index < -0.39 is 0 Å². The molecule has 0 unspecified atom stereocenters. The first-order valence-corrected chi connectivity index (χ1v) is 9.85. The van der Waals surface area contributed by atoms with Crippen molar-refractivity contribution in [2.45, 2.75) is 0 Å². The molecule has 0 radical (unpaired) electrons. The fraction of sp³-hybridized carbons (Fsp3) is 0.143. The highest BCUT2D eigenvalue weighted by Gasteiger charge is 2.17. The first-order chi connectivity index (χ1) is 14.2. The summed E-state index contributed by atoms with van der Waals surface area (Å²) >= 11 is 3.45. The number of halogens is 1. The molecule has 3 heterocycles. The maximum absolute atomic E-state index is 5.71. The van der Waals surface area contributed by atoms with Gasteiger partial charge < -0.3 is 19.5 Å². The van der Waals surface area contributed by atoms with Gasteiger partial charge in [0.1, 0.15) is 35.1 Å². The van der Waals surface area contributed by atoms with E-state index in [9.17, 15) is 0 Å². The predicted molar refractivity (Wildman–Crippen MR) is 113 cm³/mol. The standard InChI is InChI=1S/C21H17BrN4O3/c1-27-15-5-2-13(3-6-15)20-21(26-12-18(22)23-11-19(26)25-20)24-14-4-7-16-17(10-14)29-9-8-28-16/h2-7,10-12,24H,8-9H2,1H3. The molecule has 0 saturated carbocycles. The Labute approximate surface area is 175 Å². The molecule has 29 heavy (non-hydrogen) atoms. The van der Waals surface area contributed by atoms with E-state index in [0.717, 1.165) is 45.7 Å². The van der Waals surface area contributed by atoms with E-state index in [4.69, 9.17) is 19.2 Å². The molecule has 2 aromatic carbocycles. The van der Waals surface area contributed by atoms with Crippen LogP contribution in [0.25, 0.3) is 16.9 Å². The van der Waals surface area contributed by atoms with Crippen molar-refractivity contribution in [1.29, 1.82) is 0 Å². The maximum Gasteiger partial charge on any atom is 0.163 e.